The Hall–Kier alpha value is -0.733. The second-order valence-corrected chi connectivity index (χ2v) is 22.2. The molecule has 5 fully saturated rings. The average Bonchev–Trinajstić information content (AvgIpc) is 3.41. The summed E-state index contributed by atoms with van der Waals surface area (Å²) >= 11 is 0. The molecule has 5 rings (SSSR count). The van der Waals surface area contributed by atoms with Crippen molar-refractivity contribution in [3.05, 3.63) is 0 Å². The summed E-state index contributed by atoms with van der Waals surface area (Å²) in [5.41, 5.74) is -0.191. The number of carbonyl (C=O) groups excluding carboxylic acids is 2. The van der Waals surface area contributed by atoms with Gasteiger partial charge in [0.25, 0.3) is 0 Å². The third kappa shape index (κ3) is 4.07. The van der Waals surface area contributed by atoms with Gasteiger partial charge in [0.1, 0.15) is 11.9 Å². The van der Waals surface area contributed by atoms with Gasteiger partial charge in [-0.2, -0.15) is 4.31 Å². The number of sulfonamides is 1. The van der Waals surface area contributed by atoms with Crippen LogP contribution in [-0.2, 0) is 24.3 Å². The molecule has 11 atom stereocenters. The number of esters is 1. The summed E-state index contributed by atoms with van der Waals surface area (Å²) in [7, 11) is -4.89. The van der Waals surface area contributed by atoms with Crippen molar-refractivity contribution in [2.75, 3.05) is 5.75 Å². The van der Waals surface area contributed by atoms with Gasteiger partial charge in [-0.1, -0.05) is 33.5 Å². The fraction of sp³-hybridized carbons (Fsp3) is 0.929. The first-order chi connectivity index (χ1) is 16.6. The molecule has 0 radical (unpaired) electrons. The van der Waals surface area contributed by atoms with Gasteiger partial charge in [0.05, 0.1) is 5.75 Å². The maximum Gasteiger partial charge on any atom is 0.302 e. The number of ketones is 1. The molecule has 204 valence electrons. The summed E-state index contributed by atoms with van der Waals surface area (Å²) in [6.07, 6.45) is 6.92. The molecule has 0 aromatic rings. The van der Waals surface area contributed by atoms with Gasteiger partial charge >= 0.3 is 5.97 Å². The lowest BCUT2D eigenvalue weighted by atomic mass is 9.44. The Bertz CT molecular complexity index is 1040. The summed E-state index contributed by atoms with van der Waals surface area (Å²) in [6, 6.07) is 0.772. The zero-order chi connectivity index (χ0) is 26.4. The molecule has 4 saturated carbocycles. The molecule has 1 heterocycles. The van der Waals surface area contributed by atoms with Crippen LogP contribution in [0.25, 0.3) is 0 Å². The highest BCUT2D eigenvalue weighted by Crippen LogP contribution is 2.73. The number of nitrogens with zero attached hydrogens (tertiary/aromatic N) is 1. The average molecular weight is 538 g/mol. The van der Waals surface area contributed by atoms with Crippen molar-refractivity contribution >= 4 is 29.8 Å². The SMILES string of the molecule is CC(=O)O[C@@H]1CC[C@@]2(C)[C@H](CC[C@@H]3[C@@H]2[C@H]2[C@H](N2S(=O)(=O)CC[Si](C)(C)C)[C@]2(C)[C@@H](C(C)=O)CC[C@@H]32)C1. The fourth-order valence-electron chi connectivity index (χ4n) is 9.86. The molecule has 0 spiro atoms. The molecule has 4 aliphatic carbocycles. The number of hydrogen-bond acceptors (Lipinski definition) is 5. The summed E-state index contributed by atoms with van der Waals surface area (Å²) in [6.45, 7) is 14.6. The van der Waals surface area contributed by atoms with Gasteiger partial charge in [-0.25, -0.2) is 8.42 Å². The highest BCUT2D eigenvalue weighted by molar-refractivity contribution is 7.89. The Morgan fingerprint density at radius 2 is 1.72 bits per heavy atom. The summed E-state index contributed by atoms with van der Waals surface area (Å²) in [4.78, 5) is 24.5. The largest absolute Gasteiger partial charge is 0.463 e. The van der Waals surface area contributed by atoms with E-state index in [1.54, 1.807) is 6.92 Å². The van der Waals surface area contributed by atoms with Gasteiger partial charge in [-0.3, -0.25) is 9.59 Å². The molecule has 5 aliphatic rings. The first kappa shape index (κ1) is 26.9. The number of carbonyl (C=O) groups is 2. The second kappa shape index (κ2) is 8.64. The normalized spacial score (nSPS) is 47.7. The van der Waals surface area contributed by atoms with Crippen LogP contribution in [-0.4, -0.2) is 56.5 Å². The van der Waals surface area contributed by atoms with Crippen molar-refractivity contribution in [3.8, 4) is 0 Å². The highest BCUT2D eigenvalue weighted by atomic mass is 32.2. The van der Waals surface area contributed by atoms with Crippen molar-refractivity contribution in [2.24, 2.45) is 40.4 Å². The first-order valence-electron chi connectivity index (χ1n) is 14.3. The van der Waals surface area contributed by atoms with Gasteiger partial charge in [-0.15, -0.1) is 0 Å². The van der Waals surface area contributed by atoms with E-state index in [-0.39, 0.29) is 52.4 Å². The monoisotopic (exact) mass is 537 g/mol. The molecule has 0 bridgehead atoms. The Morgan fingerprint density at radius 3 is 2.33 bits per heavy atom. The third-order valence-corrected chi connectivity index (χ3v) is 15.4. The minimum Gasteiger partial charge on any atom is -0.463 e. The fourth-order valence-corrected chi connectivity index (χ4v) is 14.8. The summed E-state index contributed by atoms with van der Waals surface area (Å²) in [5, 5.41) is 0. The standard InChI is InChI=1S/C28H47NO5SSi/c1-17(30)22-10-11-23-21-9-8-19-16-20(34-18(2)31)12-13-27(19,3)24(21)25-26(28(22,23)4)29(25)35(32,33)14-15-36(5,6)7/h19-26H,8-16H2,1-7H3/t19-,20-,21+,22-,23+,24-,25+,26+,27+,28-,29?/m1/s1. The van der Waals surface area contributed by atoms with Crippen molar-refractivity contribution in [1.82, 2.24) is 4.31 Å². The zero-order valence-electron chi connectivity index (χ0n) is 23.4. The Balaban J connectivity index is 1.51. The van der Waals surface area contributed by atoms with E-state index < -0.39 is 18.1 Å². The van der Waals surface area contributed by atoms with Gasteiger partial charge < -0.3 is 4.74 Å². The van der Waals surface area contributed by atoms with E-state index >= 15 is 0 Å². The smallest absolute Gasteiger partial charge is 0.302 e. The molecular weight excluding hydrogens is 490 g/mol. The Morgan fingerprint density at radius 1 is 1.03 bits per heavy atom. The van der Waals surface area contributed by atoms with Crippen LogP contribution < -0.4 is 0 Å². The molecular formula is C28H47NO5SSi. The van der Waals surface area contributed by atoms with Crippen molar-refractivity contribution in [2.45, 2.75) is 117 Å². The van der Waals surface area contributed by atoms with Crippen LogP contribution in [0.1, 0.15) is 72.6 Å². The lowest BCUT2D eigenvalue weighted by Gasteiger charge is -2.59. The van der Waals surface area contributed by atoms with Crippen LogP contribution >= 0.6 is 0 Å². The van der Waals surface area contributed by atoms with E-state index in [1.807, 2.05) is 4.31 Å². The highest BCUT2D eigenvalue weighted by Gasteiger charge is 2.78. The molecule has 0 N–H and O–H groups in total. The zero-order valence-corrected chi connectivity index (χ0v) is 25.2. The number of hydrogen-bond donors (Lipinski definition) is 0. The number of ether oxygens (including phenoxy) is 1. The first-order valence-corrected chi connectivity index (χ1v) is 19.6. The molecule has 1 unspecified atom stereocenters. The topological polar surface area (TPSA) is 80.5 Å². The third-order valence-electron chi connectivity index (χ3n) is 11.5. The quantitative estimate of drug-likeness (QED) is 0.267. The predicted molar refractivity (Wildman–Crippen MR) is 144 cm³/mol. The molecule has 0 aromatic heterocycles. The molecule has 1 saturated heterocycles. The molecule has 6 nitrogen and oxygen atoms in total. The molecule has 36 heavy (non-hydrogen) atoms. The van der Waals surface area contributed by atoms with Crippen LogP contribution in [0, 0.1) is 40.4 Å². The van der Waals surface area contributed by atoms with E-state index in [0.29, 0.717) is 23.7 Å². The van der Waals surface area contributed by atoms with Crippen LogP contribution in [0.4, 0.5) is 0 Å². The van der Waals surface area contributed by atoms with E-state index in [0.717, 1.165) is 51.0 Å². The van der Waals surface area contributed by atoms with Crippen molar-refractivity contribution in [3.63, 3.8) is 0 Å². The Labute approximate surface area is 219 Å². The number of Topliss-reactive ketones (excluding diaryl/α,β-unsaturated/α-hetero) is 1. The minimum absolute atomic E-state index is 0.00821. The van der Waals surface area contributed by atoms with Gasteiger partial charge in [-0.05, 0) is 92.4 Å². The second-order valence-electron chi connectivity index (χ2n) is 14.6. The van der Waals surface area contributed by atoms with Crippen LogP contribution in [0.2, 0.25) is 25.7 Å². The van der Waals surface area contributed by atoms with Crippen LogP contribution in [0.5, 0.6) is 0 Å². The summed E-state index contributed by atoms with van der Waals surface area (Å²) < 4.78 is 35.4. The van der Waals surface area contributed by atoms with Gasteiger partial charge in [0.2, 0.25) is 10.0 Å². The van der Waals surface area contributed by atoms with Crippen molar-refractivity contribution in [1.29, 1.82) is 0 Å². The molecule has 8 heteroatoms. The van der Waals surface area contributed by atoms with Gasteiger partial charge in [0.15, 0.2) is 0 Å². The minimum atomic E-state index is -3.38. The van der Waals surface area contributed by atoms with E-state index in [9.17, 15) is 18.0 Å². The predicted octanol–water partition coefficient (Wildman–Crippen LogP) is 5.11. The molecule has 1 aliphatic heterocycles. The molecule has 0 aromatic carbocycles. The van der Waals surface area contributed by atoms with Crippen molar-refractivity contribution < 1.29 is 22.7 Å². The van der Waals surface area contributed by atoms with Gasteiger partial charge in [0, 0.05) is 33.0 Å². The Kier molecular flexibility index (Phi) is 6.44. The van der Waals surface area contributed by atoms with Crippen LogP contribution in [0.3, 0.4) is 0 Å². The number of rotatable bonds is 6. The molecule has 0 amide bonds. The summed E-state index contributed by atoms with van der Waals surface area (Å²) in [5.74, 6) is 1.94. The van der Waals surface area contributed by atoms with E-state index in [2.05, 4.69) is 33.5 Å². The maximum atomic E-state index is 13.9. The lowest BCUT2D eigenvalue weighted by Crippen LogP contribution is -2.57. The number of fused-ring (bicyclic) bond motifs is 8. The van der Waals surface area contributed by atoms with E-state index in [1.165, 1.54) is 6.92 Å². The van der Waals surface area contributed by atoms with Crippen LogP contribution in [0.15, 0.2) is 0 Å². The lowest BCUT2D eigenvalue weighted by molar-refractivity contribution is -0.158. The maximum absolute atomic E-state index is 13.9. The van der Waals surface area contributed by atoms with E-state index in [4.69, 9.17) is 4.74 Å².